The molecule has 0 amide bonds. The Labute approximate surface area is 203 Å². The molecule has 0 unspecified atom stereocenters. The van der Waals surface area contributed by atoms with Crippen molar-refractivity contribution in [2.24, 2.45) is 0 Å². The van der Waals surface area contributed by atoms with Crippen molar-refractivity contribution in [2.45, 2.75) is 6.54 Å². The highest BCUT2D eigenvalue weighted by Gasteiger charge is 2.21. The summed E-state index contributed by atoms with van der Waals surface area (Å²) in [6.45, 7) is 3.89. The summed E-state index contributed by atoms with van der Waals surface area (Å²) in [5, 5.41) is 11.4. The van der Waals surface area contributed by atoms with Gasteiger partial charge in [-0.25, -0.2) is 4.79 Å². The third kappa shape index (κ3) is 4.68. The van der Waals surface area contributed by atoms with Crippen molar-refractivity contribution in [3.8, 4) is 28.4 Å². The van der Waals surface area contributed by atoms with Gasteiger partial charge in [0.1, 0.15) is 22.8 Å². The van der Waals surface area contributed by atoms with Gasteiger partial charge in [-0.1, -0.05) is 12.1 Å². The molecule has 3 aromatic carbocycles. The normalized spacial score (nSPS) is 14.3. The summed E-state index contributed by atoms with van der Waals surface area (Å²) in [6.07, 6.45) is 0. The monoisotopic (exact) mass is 472 g/mol. The van der Waals surface area contributed by atoms with Gasteiger partial charge in [-0.15, -0.1) is 0 Å². The van der Waals surface area contributed by atoms with E-state index in [-0.39, 0.29) is 5.75 Å². The second-order valence-electron chi connectivity index (χ2n) is 8.62. The number of phenolic OH excluding ortho intramolecular Hbond substituents is 1. The average Bonchev–Trinajstić information content (AvgIpc) is 2.91. The highest BCUT2D eigenvalue weighted by molar-refractivity contribution is 5.85. The Morgan fingerprint density at radius 2 is 1.49 bits per heavy atom. The van der Waals surface area contributed by atoms with E-state index < -0.39 is 5.63 Å². The van der Waals surface area contributed by atoms with Gasteiger partial charge < -0.3 is 23.9 Å². The molecular weight excluding hydrogens is 444 g/mol. The van der Waals surface area contributed by atoms with Crippen molar-refractivity contribution in [1.82, 2.24) is 4.90 Å². The largest absolute Gasteiger partial charge is 0.507 e. The summed E-state index contributed by atoms with van der Waals surface area (Å²) in [5.74, 6) is 1.70. The molecule has 0 atom stereocenters. The molecule has 1 aliphatic rings. The van der Waals surface area contributed by atoms with Gasteiger partial charge in [-0.05, 0) is 60.2 Å². The Hall–Kier alpha value is -3.97. The second kappa shape index (κ2) is 9.72. The molecule has 7 heteroatoms. The number of rotatable bonds is 6. The maximum Gasteiger partial charge on any atom is 0.344 e. The SMILES string of the molecule is COc1ccc(-c2cc3ccc(O)c(CN4CCN(c5ccc(OC)cc5)CC4)c3oc2=O)cc1. The lowest BCUT2D eigenvalue weighted by molar-refractivity contribution is 0.246. The first-order valence-corrected chi connectivity index (χ1v) is 11.6. The van der Waals surface area contributed by atoms with Crippen molar-refractivity contribution < 1.29 is 19.0 Å². The molecule has 0 bridgehead atoms. The molecule has 7 nitrogen and oxygen atoms in total. The van der Waals surface area contributed by atoms with Crippen molar-refractivity contribution in [2.75, 3.05) is 45.3 Å². The van der Waals surface area contributed by atoms with Gasteiger partial charge in [0.15, 0.2) is 0 Å². The second-order valence-corrected chi connectivity index (χ2v) is 8.62. The number of nitrogens with zero attached hydrogens (tertiary/aromatic N) is 2. The zero-order valence-electron chi connectivity index (χ0n) is 19.9. The number of aromatic hydroxyl groups is 1. The number of hydrogen-bond acceptors (Lipinski definition) is 7. The number of phenols is 1. The number of anilines is 1. The lowest BCUT2D eigenvalue weighted by Gasteiger charge is -2.36. The lowest BCUT2D eigenvalue weighted by atomic mass is 10.0. The lowest BCUT2D eigenvalue weighted by Crippen LogP contribution is -2.46. The van der Waals surface area contributed by atoms with Gasteiger partial charge in [-0.3, -0.25) is 4.90 Å². The van der Waals surface area contributed by atoms with E-state index in [1.165, 1.54) is 0 Å². The van der Waals surface area contributed by atoms with E-state index in [0.717, 1.165) is 54.3 Å². The van der Waals surface area contributed by atoms with Gasteiger partial charge in [0, 0.05) is 43.8 Å². The van der Waals surface area contributed by atoms with Crippen LogP contribution in [0.2, 0.25) is 0 Å². The molecule has 0 saturated carbocycles. The number of fused-ring (bicyclic) bond motifs is 1. The Balaban J connectivity index is 1.36. The van der Waals surface area contributed by atoms with Crippen LogP contribution in [0.3, 0.4) is 0 Å². The van der Waals surface area contributed by atoms with Crippen LogP contribution < -0.4 is 20.0 Å². The van der Waals surface area contributed by atoms with Crippen LogP contribution in [0, 0.1) is 0 Å². The van der Waals surface area contributed by atoms with Crippen LogP contribution in [0.4, 0.5) is 5.69 Å². The molecule has 0 spiro atoms. The fourth-order valence-electron chi connectivity index (χ4n) is 4.54. The number of piperazine rings is 1. The minimum Gasteiger partial charge on any atom is -0.507 e. The van der Waals surface area contributed by atoms with Crippen LogP contribution >= 0.6 is 0 Å². The first kappa shape index (κ1) is 22.8. The Morgan fingerprint density at radius 1 is 0.857 bits per heavy atom. The molecule has 0 aliphatic carbocycles. The maximum atomic E-state index is 12.9. The molecule has 0 radical (unpaired) electrons. The third-order valence-electron chi connectivity index (χ3n) is 6.57. The van der Waals surface area contributed by atoms with Crippen LogP contribution in [-0.4, -0.2) is 50.4 Å². The van der Waals surface area contributed by atoms with E-state index in [1.807, 2.05) is 42.5 Å². The smallest absolute Gasteiger partial charge is 0.344 e. The topological polar surface area (TPSA) is 75.4 Å². The highest BCUT2D eigenvalue weighted by atomic mass is 16.5. The average molecular weight is 473 g/mol. The summed E-state index contributed by atoms with van der Waals surface area (Å²) >= 11 is 0. The van der Waals surface area contributed by atoms with Gasteiger partial charge >= 0.3 is 5.63 Å². The Kier molecular flexibility index (Phi) is 6.33. The molecule has 1 saturated heterocycles. The van der Waals surface area contributed by atoms with Crippen LogP contribution in [0.15, 0.2) is 75.9 Å². The van der Waals surface area contributed by atoms with Gasteiger partial charge in [0.25, 0.3) is 0 Å². The number of methoxy groups -OCH3 is 2. The zero-order valence-corrected chi connectivity index (χ0v) is 19.9. The highest BCUT2D eigenvalue weighted by Crippen LogP contribution is 2.31. The van der Waals surface area contributed by atoms with Crippen molar-refractivity contribution in [1.29, 1.82) is 0 Å². The van der Waals surface area contributed by atoms with E-state index >= 15 is 0 Å². The van der Waals surface area contributed by atoms with Gasteiger partial charge in [0.05, 0.1) is 25.3 Å². The molecule has 4 aromatic rings. The minimum absolute atomic E-state index is 0.135. The predicted octanol–water partition coefficient (Wildman–Crippen LogP) is 4.51. The fourth-order valence-corrected chi connectivity index (χ4v) is 4.54. The molecule has 1 aromatic heterocycles. The zero-order chi connectivity index (χ0) is 24.4. The summed E-state index contributed by atoms with van der Waals surface area (Å²) in [7, 11) is 3.27. The van der Waals surface area contributed by atoms with Gasteiger partial charge in [0.2, 0.25) is 0 Å². The first-order chi connectivity index (χ1) is 17.1. The molecule has 2 heterocycles. The summed E-state index contributed by atoms with van der Waals surface area (Å²) in [4.78, 5) is 17.5. The van der Waals surface area contributed by atoms with E-state index in [2.05, 4.69) is 21.9 Å². The van der Waals surface area contributed by atoms with E-state index in [4.69, 9.17) is 13.9 Å². The molecule has 1 fully saturated rings. The van der Waals surface area contributed by atoms with Crippen molar-refractivity contribution in [3.05, 3.63) is 82.7 Å². The van der Waals surface area contributed by atoms with Crippen LogP contribution in [-0.2, 0) is 6.54 Å². The van der Waals surface area contributed by atoms with E-state index in [0.29, 0.717) is 23.3 Å². The summed E-state index contributed by atoms with van der Waals surface area (Å²) in [5.41, 5.74) is 3.04. The van der Waals surface area contributed by atoms with Gasteiger partial charge in [-0.2, -0.15) is 0 Å². The molecule has 5 rings (SSSR count). The van der Waals surface area contributed by atoms with Crippen LogP contribution in [0.1, 0.15) is 5.56 Å². The molecular formula is C28H28N2O5. The minimum atomic E-state index is -0.432. The van der Waals surface area contributed by atoms with E-state index in [9.17, 15) is 9.90 Å². The fraction of sp³-hybridized carbons (Fsp3) is 0.250. The summed E-state index contributed by atoms with van der Waals surface area (Å²) in [6, 6.07) is 20.7. The first-order valence-electron chi connectivity index (χ1n) is 11.6. The Morgan fingerprint density at radius 3 is 2.11 bits per heavy atom. The Bertz CT molecular complexity index is 1370. The maximum absolute atomic E-state index is 12.9. The van der Waals surface area contributed by atoms with Crippen LogP contribution in [0.5, 0.6) is 17.2 Å². The molecule has 1 aliphatic heterocycles. The van der Waals surface area contributed by atoms with Crippen molar-refractivity contribution >= 4 is 16.7 Å². The molecule has 180 valence electrons. The number of benzene rings is 3. The van der Waals surface area contributed by atoms with Crippen LogP contribution in [0.25, 0.3) is 22.1 Å². The molecule has 35 heavy (non-hydrogen) atoms. The predicted molar refractivity (Wildman–Crippen MR) is 137 cm³/mol. The van der Waals surface area contributed by atoms with E-state index in [1.54, 1.807) is 26.4 Å². The standard InChI is InChI=1S/C28H28N2O5/c1-33-22-8-3-19(4-9-22)24-17-20-5-12-26(31)25(27(20)35-28(24)32)18-29-13-15-30(16-14-29)21-6-10-23(34-2)11-7-21/h3-12,17,31H,13-16,18H2,1-2H3. The van der Waals surface area contributed by atoms with Crippen molar-refractivity contribution in [3.63, 3.8) is 0 Å². The molecule has 1 N–H and O–H groups in total. The third-order valence-corrected chi connectivity index (χ3v) is 6.57. The number of ether oxygens (including phenoxy) is 2. The number of hydrogen-bond donors (Lipinski definition) is 1. The quantitative estimate of drug-likeness (QED) is 0.414. The summed E-state index contributed by atoms with van der Waals surface area (Å²) < 4.78 is 16.2.